The van der Waals surface area contributed by atoms with Crippen LogP contribution in [-0.4, -0.2) is 37.4 Å². The van der Waals surface area contributed by atoms with Crippen LogP contribution in [0.4, 0.5) is 0 Å². The van der Waals surface area contributed by atoms with Gasteiger partial charge in [0.2, 0.25) is 0 Å². The number of benzene rings is 1. The highest BCUT2D eigenvalue weighted by Crippen LogP contribution is 2.32. The van der Waals surface area contributed by atoms with E-state index in [1.54, 1.807) is 13.8 Å². The number of nitrogens with zero attached hydrogens (tertiary/aromatic N) is 2. The summed E-state index contributed by atoms with van der Waals surface area (Å²) in [7, 11) is 0. The maximum absolute atomic E-state index is 11.8. The van der Waals surface area contributed by atoms with Crippen molar-refractivity contribution in [2.24, 2.45) is 0 Å². The Morgan fingerprint density at radius 1 is 0.885 bits per heavy atom. The third-order valence-electron chi connectivity index (χ3n) is 3.17. The highest BCUT2D eigenvalue weighted by molar-refractivity contribution is 5.76. The molecule has 0 radical (unpaired) electrons. The van der Waals surface area contributed by atoms with Gasteiger partial charge in [-0.1, -0.05) is 0 Å². The van der Waals surface area contributed by atoms with E-state index in [4.69, 9.17) is 29.5 Å². The molecule has 0 heterocycles. The summed E-state index contributed by atoms with van der Waals surface area (Å²) in [6, 6.07) is 6.30. The largest absolute Gasteiger partial charge is 0.475 e. The van der Waals surface area contributed by atoms with Crippen LogP contribution >= 0.6 is 0 Å². The van der Waals surface area contributed by atoms with Crippen molar-refractivity contribution in [1.82, 2.24) is 0 Å². The summed E-state index contributed by atoms with van der Waals surface area (Å²) in [5.41, 5.74) is 0.101. The predicted molar refractivity (Wildman–Crippen MR) is 89.3 cm³/mol. The third-order valence-corrected chi connectivity index (χ3v) is 3.17. The monoisotopic (exact) mass is 360 g/mol. The van der Waals surface area contributed by atoms with E-state index in [9.17, 15) is 9.59 Å². The summed E-state index contributed by atoms with van der Waals surface area (Å²) >= 11 is 0. The first-order chi connectivity index (χ1) is 12.4. The standard InChI is InChI=1S/C18H20N2O6/c1-5-23-17(21)11(3)25-15-7-13(9-19)14(10-20)8-16(15)26-12(4)18(22)24-6-2/h7-8,11-12H,5-6H2,1-4H3. The average molecular weight is 360 g/mol. The number of carbonyl (C=O) groups excluding carboxylic acids is 2. The molecule has 0 aliphatic rings. The molecule has 0 saturated carbocycles. The Morgan fingerprint density at radius 3 is 1.50 bits per heavy atom. The van der Waals surface area contributed by atoms with E-state index in [1.165, 1.54) is 26.0 Å². The predicted octanol–water partition coefficient (Wildman–Crippen LogP) is 2.09. The van der Waals surface area contributed by atoms with E-state index in [-0.39, 0.29) is 35.8 Å². The van der Waals surface area contributed by atoms with Crippen LogP contribution < -0.4 is 9.47 Å². The van der Waals surface area contributed by atoms with Crippen molar-refractivity contribution in [3.8, 4) is 23.6 Å². The second kappa shape index (κ2) is 9.90. The number of rotatable bonds is 8. The Hall–Kier alpha value is -3.26. The van der Waals surface area contributed by atoms with Crippen molar-refractivity contribution >= 4 is 11.9 Å². The van der Waals surface area contributed by atoms with Crippen molar-refractivity contribution in [3.63, 3.8) is 0 Å². The first kappa shape index (κ1) is 20.8. The van der Waals surface area contributed by atoms with Crippen molar-refractivity contribution in [2.75, 3.05) is 13.2 Å². The van der Waals surface area contributed by atoms with E-state index in [1.807, 2.05) is 12.1 Å². The van der Waals surface area contributed by atoms with Crippen molar-refractivity contribution in [1.29, 1.82) is 10.5 Å². The molecule has 0 aliphatic carbocycles. The zero-order valence-electron chi connectivity index (χ0n) is 15.1. The molecule has 2 atom stereocenters. The van der Waals surface area contributed by atoms with Crippen LogP contribution in [0.5, 0.6) is 11.5 Å². The van der Waals surface area contributed by atoms with Crippen LogP contribution in [0.25, 0.3) is 0 Å². The smallest absolute Gasteiger partial charge is 0.347 e. The Bertz CT molecular complexity index is 684. The number of nitriles is 2. The lowest BCUT2D eigenvalue weighted by atomic mass is 10.1. The van der Waals surface area contributed by atoms with Crippen LogP contribution in [0.1, 0.15) is 38.8 Å². The van der Waals surface area contributed by atoms with E-state index in [2.05, 4.69) is 0 Å². The minimum Gasteiger partial charge on any atom is -0.475 e. The third kappa shape index (κ3) is 5.38. The van der Waals surface area contributed by atoms with Gasteiger partial charge >= 0.3 is 11.9 Å². The normalized spacial score (nSPS) is 12.1. The summed E-state index contributed by atoms with van der Waals surface area (Å²) in [5.74, 6) is -1.12. The van der Waals surface area contributed by atoms with E-state index in [0.717, 1.165) is 0 Å². The minimum atomic E-state index is -0.977. The van der Waals surface area contributed by atoms with Crippen LogP contribution in [0.3, 0.4) is 0 Å². The van der Waals surface area contributed by atoms with Gasteiger partial charge in [0, 0.05) is 12.1 Å². The van der Waals surface area contributed by atoms with Gasteiger partial charge in [0.15, 0.2) is 23.7 Å². The number of hydrogen-bond donors (Lipinski definition) is 0. The lowest BCUT2D eigenvalue weighted by Gasteiger charge is -2.19. The summed E-state index contributed by atoms with van der Waals surface area (Å²) in [5, 5.41) is 18.3. The van der Waals surface area contributed by atoms with Crippen LogP contribution in [0, 0.1) is 22.7 Å². The van der Waals surface area contributed by atoms with Crippen LogP contribution in [0.2, 0.25) is 0 Å². The van der Waals surface area contributed by atoms with E-state index >= 15 is 0 Å². The highest BCUT2D eigenvalue weighted by atomic mass is 16.6. The zero-order chi connectivity index (χ0) is 19.7. The van der Waals surface area contributed by atoms with Gasteiger partial charge in [-0.3, -0.25) is 0 Å². The van der Waals surface area contributed by atoms with Gasteiger partial charge in [0.25, 0.3) is 0 Å². The molecule has 8 heteroatoms. The molecule has 0 aromatic heterocycles. The van der Waals surface area contributed by atoms with Gasteiger partial charge in [0.05, 0.1) is 24.3 Å². The summed E-state index contributed by atoms with van der Waals surface area (Å²) in [6.45, 7) is 6.64. The maximum atomic E-state index is 11.8. The fourth-order valence-electron chi connectivity index (χ4n) is 1.93. The van der Waals surface area contributed by atoms with Gasteiger partial charge < -0.3 is 18.9 Å². The first-order valence-corrected chi connectivity index (χ1v) is 8.02. The van der Waals surface area contributed by atoms with Crippen LogP contribution in [0.15, 0.2) is 12.1 Å². The molecule has 1 aromatic carbocycles. The van der Waals surface area contributed by atoms with E-state index < -0.39 is 24.1 Å². The van der Waals surface area contributed by atoms with Crippen molar-refractivity contribution < 1.29 is 28.5 Å². The Labute approximate surface area is 151 Å². The molecule has 0 saturated heterocycles. The molecule has 26 heavy (non-hydrogen) atoms. The second-order valence-electron chi connectivity index (χ2n) is 5.09. The molecule has 0 N–H and O–H groups in total. The zero-order valence-corrected chi connectivity index (χ0v) is 15.1. The molecule has 0 fully saturated rings. The lowest BCUT2D eigenvalue weighted by molar-refractivity contribution is -0.152. The molecule has 2 unspecified atom stereocenters. The fourth-order valence-corrected chi connectivity index (χ4v) is 1.93. The van der Waals surface area contributed by atoms with Gasteiger partial charge in [-0.05, 0) is 27.7 Å². The Balaban J connectivity index is 3.20. The number of carbonyl (C=O) groups is 2. The first-order valence-electron chi connectivity index (χ1n) is 8.02. The molecular weight excluding hydrogens is 340 g/mol. The van der Waals surface area contributed by atoms with Gasteiger partial charge in [0.1, 0.15) is 12.1 Å². The summed E-state index contributed by atoms with van der Waals surface area (Å²) < 4.78 is 20.8. The molecule has 138 valence electrons. The average Bonchev–Trinajstić information content (AvgIpc) is 2.62. The lowest BCUT2D eigenvalue weighted by Crippen LogP contribution is -2.28. The Morgan fingerprint density at radius 2 is 1.23 bits per heavy atom. The molecular formula is C18H20N2O6. The number of ether oxygens (including phenoxy) is 4. The van der Waals surface area contributed by atoms with Crippen molar-refractivity contribution in [2.45, 2.75) is 39.9 Å². The minimum absolute atomic E-state index is 0.0391. The molecule has 1 aromatic rings. The quantitative estimate of drug-likeness (QED) is 0.647. The summed E-state index contributed by atoms with van der Waals surface area (Å²) in [4.78, 5) is 23.5. The fraction of sp³-hybridized carbons (Fsp3) is 0.444. The molecule has 0 aliphatic heterocycles. The van der Waals surface area contributed by atoms with Crippen LogP contribution in [-0.2, 0) is 19.1 Å². The highest BCUT2D eigenvalue weighted by Gasteiger charge is 2.23. The van der Waals surface area contributed by atoms with Gasteiger partial charge in [-0.15, -0.1) is 0 Å². The SMILES string of the molecule is CCOC(=O)C(C)Oc1cc(C#N)c(C#N)cc1OC(C)C(=O)OCC. The topological polar surface area (TPSA) is 119 Å². The maximum Gasteiger partial charge on any atom is 0.347 e. The van der Waals surface area contributed by atoms with Crippen molar-refractivity contribution in [3.05, 3.63) is 23.3 Å². The second-order valence-corrected chi connectivity index (χ2v) is 5.09. The Kier molecular flexibility index (Phi) is 7.91. The molecule has 0 amide bonds. The molecule has 0 spiro atoms. The number of esters is 2. The molecule has 8 nitrogen and oxygen atoms in total. The number of hydrogen-bond acceptors (Lipinski definition) is 8. The molecule has 0 bridgehead atoms. The van der Waals surface area contributed by atoms with Gasteiger partial charge in [-0.2, -0.15) is 10.5 Å². The van der Waals surface area contributed by atoms with Gasteiger partial charge in [-0.25, -0.2) is 9.59 Å². The summed E-state index contributed by atoms with van der Waals surface area (Å²) in [6.07, 6.45) is -1.95. The molecule has 1 rings (SSSR count). The van der Waals surface area contributed by atoms with E-state index in [0.29, 0.717) is 0 Å².